The summed E-state index contributed by atoms with van der Waals surface area (Å²) in [5.41, 5.74) is 5.36. The Bertz CT molecular complexity index is 1180. The lowest BCUT2D eigenvalue weighted by Crippen LogP contribution is -2.15. The number of methoxy groups -OCH3 is 1. The molecule has 0 aliphatic carbocycles. The van der Waals surface area contributed by atoms with Gasteiger partial charge in [-0.3, -0.25) is 4.98 Å². The van der Waals surface area contributed by atoms with Crippen LogP contribution >= 0.6 is 0 Å². The third-order valence-corrected chi connectivity index (χ3v) is 5.05. The van der Waals surface area contributed by atoms with Crippen molar-refractivity contribution in [2.24, 2.45) is 0 Å². The normalized spacial score (nSPS) is 11.5. The van der Waals surface area contributed by atoms with E-state index in [0.29, 0.717) is 5.69 Å². The second-order valence-corrected chi connectivity index (χ2v) is 7.63. The van der Waals surface area contributed by atoms with Gasteiger partial charge in [-0.2, -0.15) is 0 Å². The molecule has 3 aromatic heterocycles. The van der Waals surface area contributed by atoms with Gasteiger partial charge in [-0.05, 0) is 56.0 Å². The summed E-state index contributed by atoms with van der Waals surface area (Å²) in [5, 5.41) is 2.02. The molecule has 0 aliphatic rings. The molecule has 0 saturated carbocycles. The smallest absolute Gasteiger partial charge is 0.357 e. The third-order valence-electron chi connectivity index (χ3n) is 5.05. The summed E-state index contributed by atoms with van der Waals surface area (Å²) in [5.74, 6) is -0.430. The number of ether oxygens (including phenoxy) is 2. The summed E-state index contributed by atoms with van der Waals surface area (Å²) >= 11 is 0. The molecule has 154 valence electrons. The molecule has 0 aliphatic heterocycles. The van der Waals surface area contributed by atoms with Crippen molar-refractivity contribution in [2.45, 2.75) is 39.4 Å². The molecule has 1 N–H and O–H groups in total. The number of benzene rings is 1. The molecule has 6 nitrogen and oxygen atoms in total. The highest BCUT2D eigenvalue weighted by Crippen LogP contribution is 2.31. The van der Waals surface area contributed by atoms with Gasteiger partial charge in [0.15, 0.2) is 5.69 Å². The minimum atomic E-state index is -0.430. The van der Waals surface area contributed by atoms with E-state index in [-0.39, 0.29) is 12.7 Å². The van der Waals surface area contributed by atoms with Gasteiger partial charge in [0.1, 0.15) is 0 Å². The molecule has 4 rings (SSSR count). The van der Waals surface area contributed by atoms with Crippen LogP contribution in [0.15, 0.2) is 48.9 Å². The maximum Gasteiger partial charge on any atom is 0.357 e. The van der Waals surface area contributed by atoms with Crippen LogP contribution in [0.4, 0.5) is 0 Å². The minimum absolute atomic E-state index is 0.215. The highest BCUT2D eigenvalue weighted by Gasteiger charge is 2.21. The maximum absolute atomic E-state index is 12.6. The number of fused-ring (bicyclic) bond motifs is 3. The van der Waals surface area contributed by atoms with Gasteiger partial charge >= 0.3 is 5.97 Å². The lowest BCUT2D eigenvalue weighted by molar-refractivity contribution is 0.0366. The van der Waals surface area contributed by atoms with Gasteiger partial charge in [0, 0.05) is 41.4 Å². The molecule has 3 heterocycles. The Kier molecular flexibility index (Phi) is 5.77. The highest BCUT2D eigenvalue weighted by atomic mass is 16.5. The highest BCUT2D eigenvalue weighted by molar-refractivity contribution is 6.11. The Morgan fingerprint density at radius 1 is 1.10 bits per heavy atom. The zero-order chi connectivity index (χ0) is 21.1. The number of hydrogen-bond donors (Lipinski definition) is 1. The Hall–Kier alpha value is -3.25. The largest absolute Gasteiger partial charge is 0.458 e. The molecule has 0 unspecified atom stereocenters. The number of hydrogen-bond acceptors (Lipinski definition) is 5. The third kappa shape index (κ3) is 4.04. The predicted octanol–water partition coefficient (Wildman–Crippen LogP) is 4.61. The molecule has 0 bridgehead atoms. The average molecular weight is 403 g/mol. The number of carbonyl (C=O) groups is 1. The fraction of sp³-hybridized carbons (Fsp3) is 0.292. The molecular weight excluding hydrogens is 378 g/mol. The van der Waals surface area contributed by atoms with Crippen LogP contribution in [0.25, 0.3) is 21.8 Å². The first-order valence-electron chi connectivity index (χ1n) is 10.1. The number of pyridine rings is 2. The zero-order valence-corrected chi connectivity index (χ0v) is 17.4. The quantitative estimate of drug-likeness (QED) is 0.456. The van der Waals surface area contributed by atoms with Crippen molar-refractivity contribution >= 4 is 27.8 Å². The number of aryl methyl sites for hydroxylation is 2. The van der Waals surface area contributed by atoms with Crippen LogP contribution in [0.5, 0.6) is 0 Å². The molecule has 0 saturated heterocycles. The number of rotatable bonds is 7. The van der Waals surface area contributed by atoms with E-state index in [2.05, 4.69) is 39.2 Å². The number of esters is 1. The number of H-pyrrole nitrogens is 1. The molecular formula is C24H25N3O3. The van der Waals surface area contributed by atoms with Crippen molar-refractivity contribution in [3.8, 4) is 0 Å². The zero-order valence-electron chi connectivity index (χ0n) is 17.4. The number of nitrogens with one attached hydrogen (secondary N) is 1. The number of carbonyl (C=O) groups excluding carboxylic acids is 1. The molecule has 0 fully saturated rings. The van der Waals surface area contributed by atoms with Crippen LogP contribution in [0.1, 0.15) is 41.0 Å². The summed E-state index contributed by atoms with van der Waals surface area (Å²) < 4.78 is 10.8. The van der Waals surface area contributed by atoms with Crippen LogP contribution in [-0.4, -0.2) is 34.1 Å². The van der Waals surface area contributed by atoms with E-state index >= 15 is 0 Å². The molecule has 30 heavy (non-hydrogen) atoms. The standard InChI is InChI=1S/C24H25N3O3/c1-15(2)30-24(28)23-19(14-29-3)22-18-11-16(6-7-17-5-4-10-25-12-17)8-9-20(18)27-21(22)13-26-23/h4-5,8-13,15,27H,6-7,14H2,1-3H3. The van der Waals surface area contributed by atoms with E-state index in [0.717, 1.165) is 40.2 Å². The number of aromatic amines is 1. The van der Waals surface area contributed by atoms with Crippen molar-refractivity contribution in [3.05, 3.63) is 71.3 Å². The van der Waals surface area contributed by atoms with Crippen molar-refractivity contribution in [3.63, 3.8) is 0 Å². The Morgan fingerprint density at radius 3 is 2.67 bits per heavy atom. The fourth-order valence-corrected chi connectivity index (χ4v) is 3.73. The van der Waals surface area contributed by atoms with Gasteiger partial charge in [0.05, 0.1) is 24.4 Å². The number of nitrogens with zero attached hydrogens (tertiary/aromatic N) is 2. The number of aromatic nitrogens is 3. The lowest BCUT2D eigenvalue weighted by Gasteiger charge is -2.12. The van der Waals surface area contributed by atoms with Crippen LogP contribution in [0.3, 0.4) is 0 Å². The Balaban J connectivity index is 1.77. The average Bonchev–Trinajstić information content (AvgIpc) is 3.11. The van der Waals surface area contributed by atoms with E-state index in [1.165, 1.54) is 11.1 Å². The van der Waals surface area contributed by atoms with Crippen molar-refractivity contribution in [1.82, 2.24) is 15.0 Å². The lowest BCUT2D eigenvalue weighted by atomic mass is 10.0. The summed E-state index contributed by atoms with van der Waals surface area (Å²) in [7, 11) is 1.62. The van der Waals surface area contributed by atoms with Crippen molar-refractivity contribution < 1.29 is 14.3 Å². The second kappa shape index (κ2) is 8.63. The first-order chi connectivity index (χ1) is 14.6. The van der Waals surface area contributed by atoms with E-state index in [1.807, 2.05) is 26.1 Å². The van der Waals surface area contributed by atoms with Gasteiger partial charge in [-0.1, -0.05) is 12.1 Å². The molecule has 6 heteroatoms. The minimum Gasteiger partial charge on any atom is -0.458 e. The van der Waals surface area contributed by atoms with E-state index < -0.39 is 5.97 Å². The molecule has 0 spiro atoms. The second-order valence-electron chi connectivity index (χ2n) is 7.63. The van der Waals surface area contributed by atoms with Gasteiger partial charge in [0.2, 0.25) is 0 Å². The van der Waals surface area contributed by atoms with Crippen LogP contribution in [0.2, 0.25) is 0 Å². The van der Waals surface area contributed by atoms with Gasteiger partial charge in [0.25, 0.3) is 0 Å². The molecule has 4 aromatic rings. The van der Waals surface area contributed by atoms with E-state index in [4.69, 9.17) is 9.47 Å². The fourth-order valence-electron chi connectivity index (χ4n) is 3.73. The van der Waals surface area contributed by atoms with Gasteiger partial charge in [-0.15, -0.1) is 0 Å². The van der Waals surface area contributed by atoms with Crippen molar-refractivity contribution in [2.75, 3.05) is 7.11 Å². The predicted molar refractivity (Wildman–Crippen MR) is 117 cm³/mol. The summed E-state index contributed by atoms with van der Waals surface area (Å²) in [6, 6.07) is 10.4. The van der Waals surface area contributed by atoms with E-state index in [9.17, 15) is 4.79 Å². The van der Waals surface area contributed by atoms with Crippen LogP contribution in [0, 0.1) is 0 Å². The maximum atomic E-state index is 12.6. The van der Waals surface area contributed by atoms with Gasteiger partial charge in [-0.25, -0.2) is 9.78 Å². The molecule has 1 aromatic carbocycles. The van der Waals surface area contributed by atoms with E-state index in [1.54, 1.807) is 19.5 Å². The summed E-state index contributed by atoms with van der Waals surface area (Å²) in [4.78, 5) is 24.6. The van der Waals surface area contributed by atoms with Gasteiger partial charge < -0.3 is 14.5 Å². The summed E-state index contributed by atoms with van der Waals surface area (Å²) in [6.07, 6.45) is 6.99. The molecule has 0 atom stereocenters. The van der Waals surface area contributed by atoms with Crippen molar-refractivity contribution in [1.29, 1.82) is 0 Å². The Labute approximate surface area is 175 Å². The first-order valence-corrected chi connectivity index (χ1v) is 10.1. The first kappa shape index (κ1) is 20.0. The topological polar surface area (TPSA) is 77.1 Å². The van der Waals surface area contributed by atoms with Crippen LogP contribution < -0.4 is 0 Å². The molecule has 0 amide bonds. The monoisotopic (exact) mass is 403 g/mol. The Morgan fingerprint density at radius 2 is 1.93 bits per heavy atom. The SMILES string of the molecule is COCc1c(C(=O)OC(C)C)ncc2[nH]c3ccc(CCc4cccnc4)cc3c12. The summed E-state index contributed by atoms with van der Waals surface area (Å²) in [6.45, 7) is 3.93. The molecule has 0 radical (unpaired) electrons. The van der Waals surface area contributed by atoms with Crippen LogP contribution in [-0.2, 0) is 28.9 Å².